The van der Waals surface area contributed by atoms with Crippen LogP contribution in [-0.2, 0) is 0 Å². The highest BCUT2D eigenvalue weighted by atomic mass is 127. The number of aliphatic hydroxyl groups excluding tert-OH is 1. The maximum Gasteiger partial charge on any atom is 0.179 e. The van der Waals surface area contributed by atoms with Crippen LogP contribution in [0.2, 0.25) is 0 Å². The SMILES string of the molecule is C1CCC1.C[N+](C)(C)CO.[I-]. The zero-order valence-electron chi connectivity index (χ0n) is 7.81. The molecule has 0 saturated heterocycles. The first-order valence-electron chi connectivity index (χ1n) is 3.97. The second kappa shape index (κ2) is 7.31. The third-order valence-corrected chi connectivity index (χ3v) is 1.42. The molecule has 0 aromatic heterocycles. The fourth-order valence-corrected chi connectivity index (χ4v) is 0.250. The molecule has 1 fully saturated rings. The second-order valence-corrected chi connectivity index (χ2v) is 3.85. The summed E-state index contributed by atoms with van der Waals surface area (Å²) in [4.78, 5) is 0. The number of hydrogen-bond acceptors (Lipinski definition) is 1. The van der Waals surface area contributed by atoms with Crippen molar-refractivity contribution in [2.75, 3.05) is 27.9 Å². The van der Waals surface area contributed by atoms with Gasteiger partial charge in [-0.25, -0.2) is 0 Å². The van der Waals surface area contributed by atoms with E-state index in [1.165, 1.54) is 25.7 Å². The van der Waals surface area contributed by atoms with Crippen molar-refractivity contribution in [2.24, 2.45) is 0 Å². The van der Waals surface area contributed by atoms with Crippen molar-refractivity contribution >= 4 is 0 Å². The Balaban J connectivity index is 0. The molecule has 0 amide bonds. The molecule has 0 bridgehead atoms. The smallest absolute Gasteiger partial charge is 0.179 e. The monoisotopic (exact) mass is 273 g/mol. The lowest BCUT2D eigenvalue weighted by atomic mass is 10.0. The predicted octanol–water partition coefficient (Wildman–Crippen LogP) is -1.79. The fraction of sp³-hybridized carbons (Fsp3) is 1.00. The molecule has 11 heavy (non-hydrogen) atoms. The highest BCUT2D eigenvalue weighted by Crippen LogP contribution is 2.15. The lowest BCUT2D eigenvalue weighted by molar-refractivity contribution is -0.889. The summed E-state index contributed by atoms with van der Waals surface area (Å²) in [6.45, 7) is 0.208. The minimum atomic E-state index is 0. The van der Waals surface area contributed by atoms with E-state index in [-0.39, 0.29) is 30.7 Å². The molecule has 1 aliphatic rings. The number of halogens is 1. The Hall–Kier alpha value is 0.650. The number of quaternary nitrogens is 1. The molecule has 0 atom stereocenters. The number of aliphatic hydroxyl groups is 1. The van der Waals surface area contributed by atoms with Crippen LogP contribution in [0.25, 0.3) is 0 Å². The predicted molar refractivity (Wildman–Crippen MR) is 43.6 cm³/mol. The Labute approximate surface area is 87.2 Å². The normalized spacial score (nSPS) is 15.3. The molecule has 0 spiro atoms. The van der Waals surface area contributed by atoms with Crippen LogP contribution in [0.15, 0.2) is 0 Å². The maximum atomic E-state index is 8.38. The summed E-state index contributed by atoms with van der Waals surface area (Å²) in [5.41, 5.74) is 0. The van der Waals surface area contributed by atoms with Gasteiger partial charge in [0.2, 0.25) is 0 Å². The van der Waals surface area contributed by atoms with Gasteiger partial charge in [-0.05, 0) is 0 Å². The summed E-state index contributed by atoms with van der Waals surface area (Å²) in [5, 5.41) is 8.38. The molecule has 0 unspecified atom stereocenters. The van der Waals surface area contributed by atoms with Gasteiger partial charge in [0.25, 0.3) is 0 Å². The molecule has 0 aliphatic heterocycles. The van der Waals surface area contributed by atoms with E-state index in [0.29, 0.717) is 4.48 Å². The molecule has 2 nitrogen and oxygen atoms in total. The van der Waals surface area contributed by atoms with Gasteiger partial charge in [0.05, 0.1) is 21.1 Å². The van der Waals surface area contributed by atoms with Crippen LogP contribution >= 0.6 is 0 Å². The highest BCUT2D eigenvalue weighted by molar-refractivity contribution is 4.50. The molecule has 1 N–H and O–H groups in total. The van der Waals surface area contributed by atoms with Crippen LogP contribution in [-0.4, -0.2) is 37.5 Å². The Bertz CT molecular complexity index is 72.7. The van der Waals surface area contributed by atoms with Crippen LogP contribution in [0.3, 0.4) is 0 Å². The summed E-state index contributed by atoms with van der Waals surface area (Å²) >= 11 is 0. The third kappa shape index (κ3) is 13.6. The van der Waals surface area contributed by atoms with Gasteiger partial charge in [-0.1, -0.05) is 25.7 Å². The van der Waals surface area contributed by atoms with Gasteiger partial charge in [0.15, 0.2) is 6.73 Å². The topological polar surface area (TPSA) is 20.2 Å². The first-order chi connectivity index (χ1) is 4.56. The molecular formula is C8H20INO. The lowest BCUT2D eigenvalue weighted by Gasteiger charge is -2.19. The molecule has 70 valence electrons. The van der Waals surface area contributed by atoms with Gasteiger partial charge in [-0.3, -0.25) is 0 Å². The van der Waals surface area contributed by atoms with E-state index in [1.54, 1.807) is 0 Å². The van der Waals surface area contributed by atoms with Gasteiger partial charge in [-0.15, -0.1) is 0 Å². The quantitative estimate of drug-likeness (QED) is 0.340. The van der Waals surface area contributed by atoms with E-state index in [4.69, 9.17) is 5.11 Å². The van der Waals surface area contributed by atoms with Crippen molar-refractivity contribution in [2.45, 2.75) is 25.7 Å². The summed E-state index contributed by atoms with van der Waals surface area (Å²) in [6.07, 6.45) is 6.00. The standard InChI is InChI=1S/C4H12NO.C4H8.HI/c1-5(2,3)4-6;1-2-4-3-1;/h6H,4H2,1-3H3;1-4H2;1H/q+1;;/p-1. The number of rotatable bonds is 1. The molecule has 1 aliphatic carbocycles. The van der Waals surface area contributed by atoms with Crippen molar-refractivity contribution in [3.63, 3.8) is 0 Å². The Morgan fingerprint density at radius 1 is 1.00 bits per heavy atom. The first-order valence-corrected chi connectivity index (χ1v) is 3.97. The van der Waals surface area contributed by atoms with Crippen LogP contribution in [0, 0.1) is 0 Å². The van der Waals surface area contributed by atoms with Crippen molar-refractivity contribution in [1.29, 1.82) is 0 Å². The third-order valence-electron chi connectivity index (χ3n) is 1.42. The zero-order valence-corrected chi connectivity index (χ0v) is 9.97. The van der Waals surface area contributed by atoms with Gasteiger partial charge < -0.3 is 33.6 Å². The fourth-order valence-electron chi connectivity index (χ4n) is 0.250. The molecule has 0 aromatic carbocycles. The van der Waals surface area contributed by atoms with E-state index >= 15 is 0 Å². The van der Waals surface area contributed by atoms with Gasteiger partial charge >= 0.3 is 0 Å². The van der Waals surface area contributed by atoms with Crippen molar-refractivity contribution in [1.82, 2.24) is 0 Å². The average molecular weight is 273 g/mol. The Morgan fingerprint density at radius 3 is 1.18 bits per heavy atom. The largest absolute Gasteiger partial charge is 1.00 e. The zero-order chi connectivity index (χ0) is 8.04. The van der Waals surface area contributed by atoms with Gasteiger partial charge in [0.1, 0.15) is 0 Å². The average Bonchev–Trinajstić information content (AvgIpc) is 1.59. The molecule has 0 aromatic rings. The van der Waals surface area contributed by atoms with Crippen LogP contribution in [0.4, 0.5) is 0 Å². The highest BCUT2D eigenvalue weighted by Gasteiger charge is 1.99. The van der Waals surface area contributed by atoms with E-state index in [9.17, 15) is 0 Å². The van der Waals surface area contributed by atoms with Crippen LogP contribution in [0.5, 0.6) is 0 Å². The summed E-state index contributed by atoms with van der Waals surface area (Å²) < 4.78 is 0.625. The summed E-state index contributed by atoms with van der Waals surface area (Å²) in [6, 6.07) is 0. The van der Waals surface area contributed by atoms with Crippen LogP contribution in [0.1, 0.15) is 25.7 Å². The Morgan fingerprint density at radius 2 is 1.18 bits per heavy atom. The molecular weight excluding hydrogens is 253 g/mol. The molecule has 0 radical (unpaired) electrons. The summed E-state index contributed by atoms with van der Waals surface area (Å²) in [5.74, 6) is 0. The molecule has 1 saturated carbocycles. The van der Waals surface area contributed by atoms with Crippen molar-refractivity contribution < 1.29 is 33.6 Å². The van der Waals surface area contributed by atoms with Gasteiger partial charge in [-0.2, -0.15) is 0 Å². The number of hydrogen-bond donors (Lipinski definition) is 1. The number of nitrogens with zero attached hydrogens (tertiary/aromatic N) is 1. The lowest BCUT2D eigenvalue weighted by Crippen LogP contribution is -3.00. The van der Waals surface area contributed by atoms with Crippen molar-refractivity contribution in [3.05, 3.63) is 0 Å². The molecule has 1 rings (SSSR count). The van der Waals surface area contributed by atoms with Crippen LogP contribution < -0.4 is 24.0 Å². The van der Waals surface area contributed by atoms with E-state index in [1.807, 2.05) is 21.1 Å². The second-order valence-electron chi connectivity index (χ2n) is 3.85. The van der Waals surface area contributed by atoms with E-state index in [0.717, 1.165) is 0 Å². The minimum absolute atomic E-state index is 0. The van der Waals surface area contributed by atoms with E-state index < -0.39 is 0 Å². The minimum Gasteiger partial charge on any atom is -1.00 e. The van der Waals surface area contributed by atoms with Gasteiger partial charge in [0, 0.05) is 0 Å². The molecule has 3 heteroatoms. The van der Waals surface area contributed by atoms with Crippen molar-refractivity contribution in [3.8, 4) is 0 Å². The van der Waals surface area contributed by atoms with E-state index in [2.05, 4.69) is 0 Å². The molecule has 0 heterocycles. The summed E-state index contributed by atoms with van der Waals surface area (Å²) in [7, 11) is 5.79. The maximum absolute atomic E-state index is 8.38. The first kappa shape index (κ1) is 14.2. The Kier molecular flexibility index (Phi) is 9.43.